The molecule has 1 rings (SSSR count). The topological polar surface area (TPSA) is 84.2 Å². The first-order valence-corrected chi connectivity index (χ1v) is 6.84. The van der Waals surface area contributed by atoms with Crippen LogP contribution in [0, 0.1) is 16.7 Å². The molecule has 0 aromatic carbocycles. The summed E-state index contributed by atoms with van der Waals surface area (Å²) in [4.78, 5) is 23.4. The highest BCUT2D eigenvalue weighted by Crippen LogP contribution is 2.62. The van der Waals surface area contributed by atoms with Crippen molar-refractivity contribution in [2.45, 2.75) is 53.6 Å². The summed E-state index contributed by atoms with van der Waals surface area (Å²) in [6.07, 6.45) is 0. The highest BCUT2D eigenvalue weighted by atomic mass is 35.5. The lowest BCUT2D eigenvalue weighted by Crippen LogP contribution is -2.47. The molecule has 1 fully saturated rings. The molecule has 0 bridgehead atoms. The zero-order valence-corrected chi connectivity index (χ0v) is 14.1. The Labute approximate surface area is 127 Å². The quantitative estimate of drug-likeness (QED) is 0.710. The zero-order valence-electron chi connectivity index (χ0n) is 13.2. The molecule has 0 unspecified atom stereocenters. The molecule has 118 valence electrons. The molecule has 0 aromatic rings. The third-order valence-electron chi connectivity index (χ3n) is 4.77. The van der Waals surface area contributed by atoms with Crippen LogP contribution in [0.15, 0.2) is 0 Å². The Hall–Kier alpha value is -0.810. The summed E-state index contributed by atoms with van der Waals surface area (Å²) >= 11 is 0. The van der Waals surface area contributed by atoms with Gasteiger partial charge in [-0.3, -0.25) is 9.59 Å². The Balaban J connectivity index is 0.00000361. The van der Waals surface area contributed by atoms with Crippen LogP contribution in [-0.2, 0) is 9.59 Å². The van der Waals surface area contributed by atoms with Gasteiger partial charge in [-0.25, -0.2) is 0 Å². The second-order valence-electron chi connectivity index (χ2n) is 6.93. The summed E-state index contributed by atoms with van der Waals surface area (Å²) in [5.74, 6) is -0.378. The van der Waals surface area contributed by atoms with Gasteiger partial charge in [-0.2, -0.15) is 0 Å². The average molecular weight is 306 g/mol. The molecular formula is C14H28ClN3O2. The van der Waals surface area contributed by atoms with Gasteiger partial charge < -0.3 is 16.4 Å². The maximum Gasteiger partial charge on any atom is 0.239 e. The molecule has 1 saturated carbocycles. The third kappa shape index (κ3) is 3.64. The highest BCUT2D eigenvalue weighted by Gasteiger charge is 2.65. The molecular weight excluding hydrogens is 278 g/mol. The molecule has 6 heteroatoms. The minimum atomic E-state index is -0.568. The molecule has 1 aliphatic carbocycles. The lowest BCUT2D eigenvalue weighted by Gasteiger charge is -2.15. The van der Waals surface area contributed by atoms with Crippen LogP contribution in [-0.4, -0.2) is 30.4 Å². The molecule has 20 heavy (non-hydrogen) atoms. The summed E-state index contributed by atoms with van der Waals surface area (Å²) in [7, 11) is 0. The fraction of sp³-hybridized carbons (Fsp3) is 0.857. The molecule has 1 atom stereocenters. The van der Waals surface area contributed by atoms with E-state index in [1.54, 1.807) is 0 Å². The molecule has 0 aliphatic heterocycles. The minimum absolute atomic E-state index is 0. The van der Waals surface area contributed by atoms with Crippen LogP contribution in [0.5, 0.6) is 0 Å². The molecule has 0 radical (unpaired) electrons. The van der Waals surface area contributed by atoms with Crippen LogP contribution < -0.4 is 16.4 Å². The lowest BCUT2D eigenvalue weighted by molar-refractivity contribution is -0.127. The normalized spacial score (nSPS) is 20.8. The monoisotopic (exact) mass is 305 g/mol. The summed E-state index contributed by atoms with van der Waals surface area (Å²) in [5.41, 5.74) is 5.90. The number of amides is 2. The molecule has 4 N–H and O–H groups in total. The summed E-state index contributed by atoms with van der Waals surface area (Å²) < 4.78 is 0. The van der Waals surface area contributed by atoms with E-state index in [0.29, 0.717) is 0 Å². The van der Waals surface area contributed by atoms with E-state index in [-0.39, 0.29) is 53.6 Å². The standard InChI is InChI=1S/C14H27N3O2.ClH/c1-8(2)10(15)11(19)16-7-9(18)17-12-13(3,4)14(12,5)6;/h8,10,12H,7,15H2,1-6H3,(H,16,19)(H,17,18);1H/t10-;/m0./s1. The van der Waals surface area contributed by atoms with Crippen molar-refractivity contribution < 1.29 is 9.59 Å². The molecule has 5 nitrogen and oxygen atoms in total. The Morgan fingerprint density at radius 1 is 1.15 bits per heavy atom. The average Bonchev–Trinajstić information content (AvgIpc) is 2.67. The van der Waals surface area contributed by atoms with Crippen LogP contribution in [0.4, 0.5) is 0 Å². The predicted octanol–water partition coefficient (Wildman–Crippen LogP) is 1.06. The van der Waals surface area contributed by atoms with Gasteiger partial charge in [-0.05, 0) is 16.7 Å². The molecule has 0 spiro atoms. The number of nitrogens with two attached hydrogens (primary N) is 1. The Bertz CT molecular complexity index is 367. The van der Waals surface area contributed by atoms with Crippen molar-refractivity contribution in [3.8, 4) is 0 Å². The lowest BCUT2D eigenvalue weighted by atomic mass is 10.0. The Kier molecular flexibility index (Phi) is 6.05. The number of rotatable bonds is 5. The minimum Gasteiger partial charge on any atom is -0.351 e. The van der Waals surface area contributed by atoms with Gasteiger partial charge in [0.25, 0.3) is 0 Å². The van der Waals surface area contributed by atoms with Crippen molar-refractivity contribution in [3.63, 3.8) is 0 Å². The number of hydrogen-bond acceptors (Lipinski definition) is 3. The van der Waals surface area contributed by atoms with E-state index in [2.05, 4.69) is 38.3 Å². The van der Waals surface area contributed by atoms with Crippen molar-refractivity contribution in [2.24, 2.45) is 22.5 Å². The van der Waals surface area contributed by atoms with Gasteiger partial charge in [0.05, 0.1) is 12.6 Å². The van der Waals surface area contributed by atoms with Crippen LogP contribution in [0.1, 0.15) is 41.5 Å². The highest BCUT2D eigenvalue weighted by molar-refractivity contribution is 5.87. The van der Waals surface area contributed by atoms with Crippen LogP contribution >= 0.6 is 12.4 Å². The first-order valence-electron chi connectivity index (χ1n) is 6.84. The van der Waals surface area contributed by atoms with Crippen LogP contribution in [0.2, 0.25) is 0 Å². The van der Waals surface area contributed by atoms with Crippen molar-refractivity contribution >= 4 is 24.2 Å². The van der Waals surface area contributed by atoms with Gasteiger partial charge in [0.2, 0.25) is 11.8 Å². The first kappa shape index (κ1) is 19.2. The van der Waals surface area contributed by atoms with Crippen molar-refractivity contribution in [1.82, 2.24) is 10.6 Å². The molecule has 0 heterocycles. The van der Waals surface area contributed by atoms with Crippen LogP contribution in [0.25, 0.3) is 0 Å². The number of nitrogens with one attached hydrogen (secondary N) is 2. The van der Waals surface area contributed by atoms with E-state index < -0.39 is 6.04 Å². The molecule has 0 aromatic heterocycles. The van der Waals surface area contributed by atoms with Crippen LogP contribution in [0.3, 0.4) is 0 Å². The van der Waals surface area contributed by atoms with Gasteiger partial charge in [-0.15, -0.1) is 12.4 Å². The first-order chi connectivity index (χ1) is 8.51. The summed E-state index contributed by atoms with van der Waals surface area (Å²) in [6, 6.07) is -0.412. The summed E-state index contributed by atoms with van der Waals surface area (Å²) in [6.45, 7) is 12.3. The zero-order chi connectivity index (χ0) is 15.0. The van der Waals surface area contributed by atoms with E-state index in [4.69, 9.17) is 5.73 Å². The van der Waals surface area contributed by atoms with Crippen molar-refractivity contribution in [3.05, 3.63) is 0 Å². The smallest absolute Gasteiger partial charge is 0.239 e. The number of halogens is 1. The van der Waals surface area contributed by atoms with Crippen molar-refractivity contribution in [1.29, 1.82) is 0 Å². The van der Waals surface area contributed by atoms with Gasteiger partial charge in [0.1, 0.15) is 0 Å². The fourth-order valence-electron chi connectivity index (χ4n) is 2.36. The second-order valence-corrected chi connectivity index (χ2v) is 6.93. The Morgan fingerprint density at radius 2 is 1.60 bits per heavy atom. The van der Waals surface area contributed by atoms with Gasteiger partial charge in [0, 0.05) is 6.04 Å². The third-order valence-corrected chi connectivity index (χ3v) is 4.77. The predicted molar refractivity (Wildman–Crippen MR) is 82.6 cm³/mol. The Morgan fingerprint density at radius 3 is 1.95 bits per heavy atom. The molecule has 1 aliphatic rings. The van der Waals surface area contributed by atoms with E-state index in [1.165, 1.54) is 0 Å². The maximum absolute atomic E-state index is 11.8. The van der Waals surface area contributed by atoms with E-state index in [1.807, 2.05) is 13.8 Å². The molecule has 2 amide bonds. The second kappa shape index (κ2) is 6.31. The van der Waals surface area contributed by atoms with E-state index in [0.717, 1.165) is 0 Å². The number of hydrogen-bond donors (Lipinski definition) is 3. The van der Waals surface area contributed by atoms with E-state index in [9.17, 15) is 9.59 Å². The summed E-state index contributed by atoms with van der Waals surface area (Å²) in [5, 5.41) is 5.54. The van der Waals surface area contributed by atoms with Gasteiger partial charge in [0.15, 0.2) is 0 Å². The van der Waals surface area contributed by atoms with Crippen molar-refractivity contribution in [2.75, 3.05) is 6.54 Å². The van der Waals surface area contributed by atoms with Gasteiger partial charge in [-0.1, -0.05) is 41.5 Å². The van der Waals surface area contributed by atoms with E-state index >= 15 is 0 Å². The largest absolute Gasteiger partial charge is 0.351 e. The maximum atomic E-state index is 11.8. The number of carbonyl (C=O) groups excluding carboxylic acids is 2. The fourth-order valence-corrected chi connectivity index (χ4v) is 2.36. The molecule has 0 saturated heterocycles. The SMILES string of the molecule is CC(C)[C@H](N)C(=O)NCC(=O)NC1C(C)(C)C1(C)C.Cl. The number of carbonyl (C=O) groups is 2. The van der Waals surface area contributed by atoms with Gasteiger partial charge >= 0.3 is 0 Å².